The summed E-state index contributed by atoms with van der Waals surface area (Å²) in [4.78, 5) is 35.2. The molecule has 160 valence electrons. The number of nitrogens with one attached hydrogen (secondary N) is 2. The highest BCUT2D eigenvalue weighted by Gasteiger charge is 2.37. The second-order valence-electron chi connectivity index (χ2n) is 7.72. The maximum atomic E-state index is 13.5. The fourth-order valence-corrected chi connectivity index (χ4v) is 3.98. The number of aromatic amines is 1. The van der Waals surface area contributed by atoms with Crippen LogP contribution in [0.25, 0.3) is 11.3 Å². The van der Waals surface area contributed by atoms with Crippen molar-refractivity contribution in [3.05, 3.63) is 77.7 Å². The minimum absolute atomic E-state index is 0.169. The van der Waals surface area contributed by atoms with Crippen molar-refractivity contribution < 1.29 is 14.3 Å². The number of nitrogens with zero attached hydrogens (tertiary/aromatic N) is 2. The van der Waals surface area contributed by atoms with Crippen molar-refractivity contribution in [3.63, 3.8) is 0 Å². The van der Waals surface area contributed by atoms with Gasteiger partial charge in [-0.2, -0.15) is 0 Å². The number of carbonyl (C=O) groups excluding carboxylic acids is 2. The molecule has 0 spiro atoms. The number of likely N-dealkylation sites (tertiary alicyclic amines) is 1. The van der Waals surface area contributed by atoms with Crippen LogP contribution < -0.4 is 5.32 Å². The van der Waals surface area contributed by atoms with Crippen molar-refractivity contribution in [1.29, 1.82) is 0 Å². The molecule has 4 rings (SSSR count). The number of aryl methyl sites for hydroxylation is 1. The number of imidazole rings is 1. The molecule has 1 aliphatic heterocycles. The Morgan fingerprint density at radius 1 is 1.16 bits per heavy atom. The number of aromatic nitrogens is 2. The van der Waals surface area contributed by atoms with Gasteiger partial charge in [-0.05, 0) is 30.9 Å². The van der Waals surface area contributed by atoms with E-state index in [1.54, 1.807) is 4.90 Å². The lowest BCUT2D eigenvalue weighted by molar-refractivity contribution is -0.134. The van der Waals surface area contributed by atoms with E-state index in [1.165, 1.54) is 12.7 Å². The van der Waals surface area contributed by atoms with Crippen LogP contribution in [0.4, 0.5) is 4.79 Å². The summed E-state index contributed by atoms with van der Waals surface area (Å²) in [6.07, 6.45) is 2.85. The lowest BCUT2D eigenvalue weighted by Gasteiger charge is -2.28. The van der Waals surface area contributed by atoms with Crippen LogP contribution in [0.2, 0.25) is 0 Å². The molecule has 2 atom stereocenters. The highest BCUT2D eigenvalue weighted by Crippen LogP contribution is 2.34. The predicted octanol–water partition coefficient (Wildman–Crippen LogP) is 4.15. The van der Waals surface area contributed by atoms with E-state index in [2.05, 4.69) is 46.5 Å². The molecule has 0 saturated carbocycles. The summed E-state index contributed by atoms with van der Waals surface area (Å²) in [5.41, 5.74) is 3.88. The zero-order valence-corrected chi connectivity index (χ0v) is 17.7. The van der Waals surface area contributed by atoms with Gasteiger partial charge >= 0.3 is 6.09 Å². The average Bonchev–Trinajstić information content (AvgIpc) is 3.47. The largest absolute Gasteiger partial charge is 0.453 e. The van der Waals surface area contributed by atoms with Gasteiger partial charge in [-0.15, -0.1) is 0 Å². The third-order valence-corrected chi connectivity index (χ3v) is 5.64. The standard InChI is InChI=1S/C24H26N4O3/c1-16-10-12-17(13-11-16)19-15-25-22(26-19)20-9-6-14-28(20)23(29)21(27-24(30)31-2)18-7-4-3-5-8-18/h3-5,7-8,10-13,15,20-21H,6,9,14H2,1-2H3,(H,25,26)(H,27,30)/t20-,21+/m0/s1. The van der Waals surface area contributed by atoms with Gasteiger partial charge in [0.25, 0.3) is 5.91 Å². The van der Waals surface area contributed by atoms with Crippen molar-refractivity contribution in [1.82, 2.24) is 20.2 Å². The van der Waals surface area contributed by atoms with E-state index in [9.17, 15) is 9.59 Å². The number of benzene rings is 2. The van der Waals surface area contributed by atoms with Crippen molar-refractivity contribution in [3.8, 4) is 11.3 Å². The summed E-state index contributed by atoms with van der Waals surface area (Å²) in [6.45, 7) is 2.66. The Labute approximate surface area is 181 Å². The van der Waals surface area contributed by atoms with E-state index >= 15 is 0 Å². The number of H-pyrrole nitrogens is 1. The highest BCUT2D eigenvalue weighted by atomic mass is 16.5. The monoisotopic (exact) mass is 418 g/mol. The van der Waals surface area contributed by atoms with Crippen LogP contribution in [-0.4, -0.2) is 40.5 Å². The Hall–Kier alpha value is -3.61. The van der Waals surface area contributed by atoms with Gasteiger partial charge in [0.1, 0.15) is 11.9 Å². The first kappa shape index (κ1) is 20.7. The molecule has 3 aromatic rings. The minimum atomic E-state index is -0.819. The smallest absolute Gasteiger partial charge is 0.407 e. The van der Waals surface area contributed by atoms with Gasteiger partial charge in [0.2, 0.25) is 0 Å². The molecule has 0 radical (unpaired) electrons. The second-order valence-corrected chi connectivity index (χ2v) is 7.72. The number of alkyl carbamates (subject to hydrolysis) is 1. The Morgan fingerprint density at radius 3 is 2.61 bits per heavy atom. The molecule has 1 fully saturated rings. The van der Waals surface area contributed by atoms with Gasteiger partial charge in [-0.3, -0.25) is 4.79 Å². The fourth-order valence-electron chi connectivity index (χ4n) is 3.98. The van der Waals surface area contributed by atoms with Gasteiger partial charge in [-0.1, -0.05) is 60.2 Å². The highest BCUT2D eigenvalue weighted by molar-refractivity contribution is 5.87. The fraction of sp³-hybridized carbons (Fsp3) is 0.292. The molecule has 0 bridgehead atoms. The normalized spacial score (nSPS) is 16.7. The lowest BCUT2D eigenvalue weighted by atomic mass is 10.1. The van der Waals surface area contributed by atoms with Gasteiger partial charge in [0.05, 0.1) is 25.0 Å². The number of ether oxygens (including phenoxy) is 1. The number of methoxy groups -OCH3 is 1. The molecule has 2 amide bonds. The average molecular weight is 418 g/mol. The van der Waals surface area contributed by atoms with Gasteiger partial charge in [0.15, 0.2) is 0 Å². The molecule has 2 heterocycles. The van der Waals surface area contributed by atoms with Gasteiger partial charge in [0, 0.05) is 6.54 Å². The molecular formula is C24H26N4O3. The zero-order valence-electron chi connectivity index (χ0n) is 17.7. The van der Waals surface area contributed by atoms with Crippen LogP contribution in [-0.2, 0) is 9.53 Å². The van der Waals surface area contributed by atoms with E-state index in [-0.39, 0.29) is 11.9 Å². The van der Waals surface area contributed by atoms with Crippen molar-refractivity contribution >= 4 is 12.0 Å². The Morgan fingerprint density at radius 2 is 1.90 bits per heavy atom. The number of hydrogen-bond acceptors (Lipinski definition) is 4. The minimum Gasteiger partial charge on any atom is -0.453 e. The maximum absolute atomic E-state index is 13.5. The second kappa shape index (κ2) is 9.04. The number of hydrogen-bond donors (Lipinski definition) is 2. The summed E-state index contributed by atoms with van der Waals surface area (Å²) < 4.78 is 4.75. The summed E-state index contributed by atoms with van der Waals surface area (Å²) >= 11 is 0. The van der Waals surface area contributed by atoms with Gasteiger partial charge in [-0.25, -0.2) is 9.78 Å². The summed E-state index contributed by atoms with van der Waals surface area (Å²) in [6, 6.07) is 16.4. The van der Waals surface area contributed by atoms with Crippen molar-refractivity contribution in [2.24, 2.45) is 0 Å². The Bertz CT molecular complexity index is 1050. The van der Waals surface area contributed by atoms with Crippen LogP contribution in [0.15, 0.2) is 60.8 Å². The van der Waals surface area contributed by atoms with Crippen LogP contribution in [0.5, 0.6) is 0 Å². The number of carbonyl (C=O) groups is 2. The maximum Gasteiger partial charge on any atom is 0.407 e. The third kappa shape index (κ3) is 4.45. The molecule has 31 heavy (non-hydrogen) atoms. The number of rotatable bonds is 5. The zero-order chi connectivity index (χ0) is 21.8. The van der Waals surface area contributed by atoms with Crippen LogP contribution in [0.1, 0.15) is 41.9 Å². The van der Waals surface area contributed by atoms with E-state index in [0.29, 0.717) is 12.1 Å². The van der Waals surface area contributed by atoms with E-state index in [1.807, 2.05) is 36.5 Å². The molecular weight excluding hydrogens is 392 g/mol. The summed E-state index contributed by atoms with van der Waals surface area (Å²) in [5, 5.41) is 2.69. The summed E-state index contributed by atoms with van der Waals surface area (Å²) in [7, 11) is 1.29. The first-order valence-corrected chi connectivity index (χ1v) is 10.4. The first-order chi connectivity index (χ1) is 15.1. The lowest BCUT2D eigenvalue weighted by Crippen LogP contribution is -2.42. The van der Waals surface area contributed by atoms with Crippen molar-refractivity contribution in [2.45, 2.75) is 31.8 Å². The molecule has 0 aliphatic carbocycles. The molecule has 0 unspecified atom stereocenters. The topological polar surface area (TPSA) is 87.3 Å². The Kier molecular flexibility index (Phi) is 6.02. The summed E-state index contributed by atoms with van der Waals surface area (Å²) in [5.74, 6) is 0.582. The first-order valence-electron chi connectivity index (χ1n) is 10.4. The SMILES string of the molecule is COC(=O)N[C@@H](C(=O)N1CCC[C@H]1c1ncc(-c2ccc(C)cc2)[nH]1)c1ccccc1. The molecule has 1 aliphatic rings. The van der Waals surface area contributed by atoms with Crippen LogP contribution >= 0.6 is 0 Å². The van der Waals surface area contributed by atoms with Crippen LogP contribution in [0, 0.1) is 6.92 Å². The van der Waals surface area contributed by atoms with Gasteiger partial charge < -0.3 is 19.9 Å². The third-order valence-electron chi connectivity index (χ3n) is 5.64. The molecule has 7 nitrogen and oxygen atoms in total. The van der Waals surface area contributed by atoms with E-state index in [4.69, 9.17) is 4.74 Å². The molecule has 1 saturated heterocycles. The van der Waals surface area contributed by atoms with Crippen LogP contribution in [0.3, 0.4) is 0 Å². The molecule has 7 heteroatoms. The van der Waals surface area contributed by atoms with E-state index in [0.717, 1.165) is 29.9 Å². The predicted molar refractivity (Wildman–Crippen MR) is 117 cm³/mol. The van der Waals surface area contributed by atoms with E-state index < -0.39 is 12.1 Å². The quantitative estimate of drug-likeness (QED) is 0.652. The van der Waals surface area contributed by atoms with Crippen molar-refractivity contribution in [2.75, 3.05) is 13.7 Å². The Balaban J connectivity index is 1.58. The molecule has 2 N–H and O–H groups in total. The molecule has 1 aromatic heterocycles. The number of amides is 2. The molecule has 2 aromatic carbocycles.